The Kier molecular flexibility index (Phi) is 5.40. The zero-order chi connectivity index (χ0) is 25.6. The predicted molar refractivity (Wildman–Crippen MR) is 126 cm³/mol. The predicted octanol–water partition coefficient (Wildman–Crippen LogP) is 2.51. The second kappa shape index (κ2) is 8.58. The maximum Gasteiger partial charge on any atom is 0.338 e. The van der Waals surface area contributed by atoms with Crippen LogP contribution in [0.25, 0.3) is 0 Å². The lowest BCUT2D eigenvalue weighted by Gasteiger charge is -2.14. The summed E-state index contributed by atoms with van der Waals surface area (Å²) in [7, 11) is 1.37. The number of ether oxygens (including phenoxy) is 1. The van der Waals surface area contributed by atoms with Gasteiger partial charge in [0.15, 0.2) is 6.61 Å². The molecule has 2 heterocycles. The highest BCUT2D eigenvalue weighted by atomic mass is 16.5. The normalized spacial score (nSPS) is 14.1. The van der Waals surface area contributed by atoms with Gasteiger partial charge in [0, 0.05) is 12.7 Å². The average Bonchev–Trinajstić information content (AvgIpc) is 3.27. The number of nitrogens with one attached hydrogen (secondary N) is 1. The molecule has 5 rings (SSSR count). The lowest BCUT2D eigenvalue weighted by Crippen LogP contribution is -2.29. The second-order valence-corrected chi connectivity index (χ2v) is 8.09. The summed E-state index contributed by atoms with van der Waals surface area (Å²) in [6.45, 7) is -0.594. The number of hydrogen-bond donors (Lipinski definition) is 1. The molecule has 1 N–H and O–H groups in total. The zero-order valence-corrected chi connectivity index (χ0v) is 18.8. The first kappa shape index (κ1) is 22.7. The molecular formula is C26H17N3O7. The van der Waals surface area contributed by atoms with Crippen molar-refractivity contribution in [1.29, 1.82) is 0 Å². The van der Waals surface area contributed by atoms with Crippen molar-refractivity contribution in [3.8, 4) is 0 Å². The van der Waals surface area contributed by atoms with E-state index in [1.807, 2.05) is 0 Å². The van der Waals surface area contributed by atoms with E-state index in [-0.39, 0.29) is 22.4 Å². The molecule has 0 unspecified atom stereocenters. The van der Waals surface area contributed by atoms with Crippen molar-refractivity contribution in [2.45, 2.75) is 0 Å². The van der Waals surface area contributed by atoms with E-state index < -0.39 is 42.1 Å². The van der Waals surface area contributed by atoms with E-state index in [1.165, 1.54) is 49.5 Å². The van der Waals surface area contributed by atoms with E-state index in [1.54, 1.807) is 24.3 Å². The van der Waals surface area contributed by atoms with Crippen LogP contribution in [-0.4, -0.2) is 54.1 Å². The van der Waals surface area contributed by atoms with E-state index in [0.29, 0.717) is 16.8 Å². The fourth-order valence-electron chi connectivity index (χ4n) is 4.02. The Balaban J connectivity index is 1.20. The Bertz CT molecular complexity index is 1460. The van der Waals surface area contributed by atoms with Crippen LogP contribution >= 0.6 is 0 Å². The minimum Gasteiger partial charge on any atom is -0.452 e. The van der Waals surface area contributed by atoms with Crippen LogP contribution in [0.4, 0.5) is 11.4 Å². The number of hydrogen-bond acceptors (Lipinski definition) is 7. The minimum absolute atomic E-state index is 0.118. The van der Waals surface area contributed by atoms with Gasteiger partial charge in [-0.05, 0) is 54.6 Å². The summed E-state index contributed by atoms with van der Waals surface area (Å²) in [6.07, 6.45) is 0. The van der Waals surface area contributed by atoms with E-state index in [0.717, 1.165) is 9.80 Å². The Morgan fingerprint density at radius 3 is 1.97 bits per heavy atom. The molecule has 36 heavy (non-hydrogen) atoms. The van der Waals surface area contributed by atoms with Crippen LogP contribution in [-0.2, 0) is 9.53 Å². The van der Waals surface area contributed by atoms with Gasteiger partial charge >= 0.3 is 5.97 Å². The first-order chi connectivity index (χ1) is 17.3. The van der Waals surface area contributed by atoms with Gasteiger partial charge in [0.1, 0.15) is 0 Å². The molecule has 10 heteroatoms. The van der Waals surface area contributed by atoms with Crippen molar-refractivity contribution in [3.05, 3.63) is 94.5 Å². The number of rotatable bonds is 5. The topological polar surface area (TPSA) is 130 Å². The number of anilines is 2. The first-order valence-electron chi connectivity index (χ1n) is 10.8. The molecular weight excluding hydrogens is 466 g/mol. The van der Waals surface area contributed by atoms with Crippen LogP contribution in [0.15, 0.2) is 66.7 Å². The van der Waals surface area contributed by atoms with Crippen molar-refractivity contribution in [2.24, 2.45) is 0 Å². The molecule has 0 saturated heterocycles. The van der Waals surface area contributed by atoms with E-state index >= 15 is 0 Å². The SMILES string of the molecule is CN1C(=O)c2ccc(NC(=O)COC(=O)c3ccc(N4C(=O)c5ccccc5C4=O)cc3)cc2C1=O. The Labute approximate surface area is 204 Å². The molecule has 3 aromatic carbocycles. The molecule has 0 fully saturated rings. The highest BCUT2D eigenvalue weighted by molar-refractivity contribution is 6.34. The molecule has 2 aliphatic rings. The highest BCUT2D eigenvalue weighted by Gasteiger charge is 2.36. The fourth-order valence-corrected chi connectivity index (χ4v) is 4.02. The number of benzene rings is 3. The van der Waals surface area contributed by atoms with E-state index in [9.17, 15) is 28.8 Å². The third kappa shape index (κ3) is 3.70. The molecule has 178 valence electrons. The average molecular weight is 483 g/mol. The van der Waals surface area contributed by atoms with Gasteiger partial charge in [0.25, 0.3) is 29.5 Å². The first-order valence-corrected chi connectivity index (χ1v) is 10.8. The molecule has 0 aromatic heterocycles. The lowest BCUT2D eigenvalue weighted by molar-refractivity contribution is -0.119. The molecule has 5 amide bonds. The van der Waals surface area contributed by atoms with Gasteiger partial charge in [-0.15, -0.1) is 0 Å². The monoisotopic (exact) mass is 483 g/mol. The summed E-state index contributed by atoms with van der Waals surface area (Å²) in [6, 6.07) is 16.5. The molecule has 10 nitrogen and oxygen atoms in total. The standard InChI is InChI=1S/C26H17N3O7/c1-28-22(31)19-11-8-15(12-20(19)23(28)32)27-21(30)13-36-26(35)14-6-9-16(10-7-14)29-24(33)17-4-2-3-5-18(17)25(29)34/h2-12H,13H2,1H3,(H,27,30). The number of imide groups is 2. The number of esters is 1. The summed E-state index contributed by atoms with van der Waals surface area (Å²) in [5.74, 6) is -3.22. The smallest absolute Gasteiger partial charge is 0.338 e. The number of nitrogens with zero attached hydrogens (tertiary/aromatic N) is 2. The van der Waals surface area contributed by atoms with Crippen molar-refractivity contribution >= 4 is 46.9 Å². The van der Waals surface area contributed by atoms with Crippen LogP contribution < -0.4 is 10.2 Å². The van der Waals surface area contributed by atoms with E-state index in [2.05, 4.69) is 5.32 Å². The van der Waals surface area contributed by atoms with Crippen LogP contribution in [0.3, 0.4) is 0 Å². The number of carbonyl (C=O) groups excluding carboxylic acids is 6. The van der Waals surface area contributed by atoms with Gasteiger partial charge in [-0.25, -0.2) is 9.69 Å². The summed E-state index contributed by atoms with van der Waals surface area (Å²) < 4.78 is 5.04. The maximum atomic E-state index is 12.6. The van der Waals surface area contributed by atoms with Crippen molar-refractivity contribution < 1.29 is 33.5 Å². The summed E-state index contributed by atoms with van der Waals surface area (Å²) >= 11 is 0. The van der Waals surface area contributed by atoms with Gasteiger partial charge in [-0.2, -0.15) is 0 Å². The Morgan fingerprint density at radius 2 is 1.33 bits per heavy atom. The van der Waals surface area contributed by atoms with Gasteiger partial charge in [0.05, 0.1) is 33.5 Å². The molecule has 0 radical (unpaired) electrons. The zero-order valence-electron chi connectivity index (χ0n) is 18.8. The molecule has 0 bridgehead atoms. The highest BCUT2D eigenvalue weighted by Crippen LogP contribution is 2.28. The Hall–Kier alpha value is -5.12. The summed E-state index contributed by atoms with van der Waals surface area (Å²) in [5, 5.41) is 2.51. The minimum atomic E-state index is -0.782. The number of carbonyl (C=O) groups is 6. The Morgan fingerprint density at radius 1 is 0.750 bits per heavy atom. The molecule has 0 spiro atoms. The maximum absolute atomic E-state index is 12.6. The van der Waals surface area contributed by atoms with Crippen molar-refractivity contribution in [3.63, 3.8) is 0 Å². The van der Waals surface area contributed by atoms with Gasteiger partial charge in [0.2, 0.25) is 0 Å². The molecule has 2 aliphatic heterocycles. The van der Waals surface area contributed by atoms with Crippen molar-refractivity contribution in [1.82, 2.24) is 4.90 Å². The van der Waals surface area contributed by atoms with Crippen molar-refractivity contribution in [2.75, 3.05) is 23.9 Å². The number of fused-ring (bicyclic) bond motifs is 2. The quantitative estimate of drug-likeness (QED) is 0.436. The lowest BCUT2D eigenvalue weighted by atomic mass is 10.1. The summed E-state index contributed by atoms with van der Waals surface area (Å²) in [4.78, 5) is 75.9. The van der Waals surface area contributed by atoms with E-state index in [4.69, 9.17) is 4.74 Å². The molecule has 3 aromatic rings. The fraction of sp³-hybridized carbons (Fsp3) is 0.0769. The summed E-state index contributed by atoms with van der Waals surface area (Å²) in [5.41, 5.74) is 1.73. The molecule has 0 atom stereocenters. The van der Waals surface area contributed by atoms with Crippen LogP contribution in [0.2, 0.25) is 0 Å². The molecule has 0 saturated carbocycles. The number of amides is 5. The second-order valence-electron chi connectivity index (χ2n) is 8.09. The van der Waals surface area contributed by atoms with Crippen LogP contribution in [0.1, 0.15) is 51.8 Å². The van der Waals surface area contributed by atoms with Gasteiger partial charge in [-0.1, -0.05) is 12.1 Å². The van der Waals surface area contributed by atoms with Gasteiger partial charge in [-0.3, -0.25) is 28.9 Å². The largest absolute Gasteiger partial charge is 0.452 e. The van der Waals surface area contributed by atoms with Crippen LogP contribution in [0, 0.1) is 0 Å². The third-order valence-corrected chi connectivity index (χ3v) is 5.86. The van der Waals surface area contributed by atoms with Gasteiger partial charge < -0.3 is 10.1 Å². The van der Waals surface area contributed by atoms with Crippen LogP contribution in [0.5, 0.6) is 0 Å². The molecule has 0 aliphatic carbocycles. The third-order valence-electron chi connectivity index (χ3n) is 5.86.